The minimum atomic E-state index is -0.365. The quantitative estimate of drug-likeness (QED) is 0.867. The molecule has 3 nitrogen and oxygen atoms in total. The van der Waals surface area contributed by atoms with Gasteiger partial charge in [-0.05, 0) is 44.9 Å². The summed E-state index contributed by atoms with van der Waals surface area (Å²) < 4.78 is 5.60. The van der Waals surface area contributed by atoms with Crippen LogP contribution in [0.25, 0.3) is 0 Å². The lowest BCUT2D eigenvalue weighted by atomic mass is 10.1. The molecule has 98 valence electrons. The fraction of sp³-hybridized carbons (Fsp3) is 0.533. The summed E-state index contributed by atoms with van der Waals surface area (Å²) in [5.41, 5.74) is 1.25. The molecule has 0 saturated heterocycles. The lowest BCUT2D eigenvalue weighted by Gasteiger charge is -2.20. The Kier molecular flexibility index (Phi) is 5.18. The summed E-state index contributed by atoms with van der Waals surface area (Å²) in [5, 5.41) is 12.3. The van der Waals surface area contributed by atoms with E-state index in [1.54, 1.807) is 0 Å². The largest absolute Gasteiger partial charge is 0.476 e. The minimum absolute atomic E-state index is 0.0927. The van der Waals surface area contributed by atoms with Gasteiger partial charge in [-0.3, -0.25) is 0 Å². The molecule has 0 radical (unpaired) electrons. The minimum Gasteiger partial charge on any atom is -0.476 e. The van der Waals surface area contributed by atoms with E-state index in [-0.39, 0.29) is 11.6 Å². The smallest absolute Gasteiger partial charge is 0.184 e. The highest BCUT2D eigenvalue weighted by Gasteiger charge is 2.09. The third-order valence-electron chi connectivity index (χ3n) is 2.51. The maximum absolute atomic E-state index is 8.88. The van der Waals surface area contributed by atoms with Crippen molar-refractivity contribution in [1.29, 1.82) is 5.26 Å². The molecule has 1 unspecified atom stereocenters. The molecular formula is C15H22N2O. The maximum atomic E-state index is 8.88. The van der Waals surface area contributed by atoms with Gasteiger partial charge in [0.25, 0.3) is 0 Å². The molecule has 3 heteroatoms. The number of hydrogen-bond acceptors (Lipinski definition) is 3. The Morgan fingerprint density at radius 2 is 2.11 bits per heavy atom. The van der Waals surface area contributed by atoms with E-state index >= 15 is 0 Å². The zero-order valence-electron chi connectivity index (χ0n) is 11.7. The van der Waals surface area contributed by atoms with Gasteiger partial charge in [0, 0.05) is 12.1 Å². The lowest BCUT2D eigenvalue weighted by Crippen LogP contribution is -2.35. The molecule has 0 fully saturated rings. The molecule has 0 aliphatic rings. The second-order valence-corrected chi connectivity index (χ2v) is 5.39. The summed E-state index contributed by atoms with van der Waals surface area (Å²) in [6.07, 6.45) is 0.330. The maximum Gasteiger partial charge on any atom is 0.184 e. The van der Waals surface area contributed by atoms with Gasteiger partial charge in [-0.1, -0.05) is 19.1 Å². The van der Waals surface area contributed by atoms with Crippen molar-refractivity contribution in [2.45, 2.75) is 52.3 Å². The van der Waals surface area contributed by atoms with Crippen LogP contribution in [0, 0.1) is 11.3 Å². The van der Waals surface area contributed by atoms with E-state index in [2.05, 4.69) is 38.2 Å². The van der Waals surface area contributed by atoms with Crippen molar-refractivity contribution in [1.82, 2.24) is 5.32 Å². The highest BCUT2D eigenvalue weighted by molar-refractivity contribution is 5.29. The molecule has 1 aromatic rings. The number of nitrogens with zero attached hydrogens (tertiary/aromatic N) is 1. The van der Waals surface area contributed by atoms with Crippen LogP contribution in [0.1, 0.15) is 39.7 Å². The van der Waals surface area contributed by atoms with Crippen LogP contribution in [0.15, 0.2) is 24.3 Å². The van der Waals surface area contributed by atoms with Crippen LogP contribution in [-0.2, 0) is 6.54 Å². The van der Waals surface area contributed by atoms with E-state index in [9.17, 15) is 0 Å². The third kappa shape index (κ3) is 5.20. The summed E-state index contributed by atoms with van der Waals surface area (Å²) in [6, 6.07) is 10.0. The molecular weight excluding hydrogens is 224 g/mol. The topological polar surface area (TPSA) is 45.0 Å². The summed E-state index contributed by atoms with van der Waals surface area (Å²) in [4.78, 5) is 0. The van der Waals surface area contributed by atoms with Crippen LogP contribution in [0.3, 0.4) is 0 Å². The van der Waals surface area contributed by atoms with E-state index in [1.165, 1.54) is 0 Å². The molecule has 1 aromatic carbocycles. The average Bonchev–Trinajstić information content (AvgIpc) is 2.33. The second-order valence-electron chi connectivity index (χ2n) is 5.39. The zero-order chi connectivity index (χ0) is 13.6. The number of nitriles is 1. The Bertz CT molecular complexity index is 415. The molecule has 0 spiro atoms. The Morgan fingerprint density at radius 3 is 2.67 bits per heavy atom. The molecule has 0 bridgehead atoms. The summed E-state index contributed by atoms with van der Waals surface area (Å²) in [6.45, 7) is 9.14. The van der Waals surface area contributed by atoms with Crippen molar-refractivity contribution in [2.75, 3.05) is 0 Å². The van der Waals surface area contributed by atoms with Crippen molar-refractivity contribution in [3.05, 3.63) is 29.8 Å². The normalized spacial score (nSPS) is 12.8. The van der Waals surface area contributed by atoms with Crippen LogP contribution < -0.4 is 10.1 Å². The van der Waals surface area contributed by atoms with Crippen LogP contribution in [-0.4, -0.2) is 11.6 Å². The van der Waals surface area contributed by atoms with E-state index in [0.717, 1.165) is 17.9 Å². The Balaban J connectivity index is 2.65. The fourth-order valence-electron chi connectivity index (χ4n) is 1.46. The van der Waals surface area contributed by atoms with Crippen molar-refractivity contribution in [3.8, 4) is 11.8 Å². The molecule has 18 heavy (non-hydrogen) atoms. The van der Waals surface area contributed by atoms with Crippen LogP contribution in [0.4, 0.5) is 0 Å². The lowest BCUT2D eigenvalue weighted by molar-refractivity contribution is 0.251. The summed E-state index contributed by atoms with van der Waals surface area (Å²) in [7, 11) is 0. The molecule has 1 atom stereocenters. The predicted octanol–water partition coefficient (Wildman–Crippen LogP) is 3.26. The van der Waals surface area contributed by atoms with E-state index < -0.39 is 0 Å². The first-order valence-corrected chi connectivity index (χ1v) is 6.35. The van der Waals surface area contributed by atoms with Gasteiger partial charge in [0.2, 0.25) is 0 Å². The van der Waals surface area contributed by atoms with Gasteiger partial charge >= 0.3 is 0 Å². The Morgan fingerprint density at radius 1 is 1.39 bits per heavy atom. The molecule has 0 amide bonds. The molecule has 0 heterocycles. The van der Waals surface area contributed by atoms with Crippen molar-refractivity contribution >= 4 is 0 Å². The first kappa shape index (κ1) is 14.5. The number of benzene rings is 1. The van der Waals surface area contributed by atoms with Gasteiger partial charge in [-0.15, -0.1) is 0 Å². The second kappa shape index (κ2) is 6.42. The van der Waals surface area contributed by atoms with Gasteiger partial charge in [-0.25, -0.2) is 0 Å². The molecule has 0 aromatic heterocycles. The van der Waals surface area contributed by atoms with Crippen LogP contribution in [0.2, 0.25) is 0 Å². The van der Waals surface area contributed by atoms with Crippen LogP contribution >= 0.6 is 0 Å². The van der Waals surface area contributed by atoms with Crippen molar-refractivity contribution in [3.63, 3.8) is 0 Å². The number of nitrogens with one attached hydrogen (secondary N) is 1. The van der Waals surface area contributed by atoms with E-state index in [1.807, 2.05) is 25.1 Å². The first-order chi connectivity index (χ1) is 8.44. The fourth-order valence-corrected chi connectivity index (χ4v) is 1.46. The average molecular weight is 246 g/mol. The van der Waals surface area contributed by atoms with Gasteiger partial charge in [0.15, 0.2) is 6.10 Å². The molecule has 1 N–H and O–H groups in total. The van der Waals surface area contributed by atoms with Crippen molar-refractivity contribution in [2.24, 2.45) is 0 Å². The van der Waals surface area contributed by atoms with Gasteiger partial charge in [0.05, 0.1) is 0 Å². The van der Waals surface area contributed by atoms with Crippen molar-refractivity contribution < 1.29 is 4.74 Å². The first-order valence-electron chi connectivity index (χ1n) is 6.35. The molecule has 0 aliphatic heterocycles. The standard InChI is InChI=1S/C15H22N2O/c1-5-13(10-16)18-14-8-6-7-12(9-14)11-17-15(2,3)4/h6-9,13,17H,5,11H2,1-4H3. The Hall–Kier alpha value is -1.53. The highest BCUT2D eigenvalue weighted by Crippen LogP contribution is 2.16. The van der Waals surface area contributed by atoms with E-state index in [0.29, 0.717) is 6.42 Å². The summed E-state index contributed by atoms with van der Waals surface area (Å²) in [5.74, 6) is 0.761. The Labute approximate surface area is 110 Å². The third-order valence-corrected chi connectivity index (χ3v) is 2.51. The molecule has 0 aliphatic carbocycles. The number of rotatable bonds is 5. The zero-order valence-corrected chi connectivity index (χ0v) is 11.7. The van der Waals surface area contributed by atoms with Gasteiger partial charge in [0.1, 0.15) is 11.8 Å². The van der Waals surface area contributed by atoms with Crippen LogP contribution in [0.5, 0.6) is 5.75 Å². The highest BCUT2D eigenvalue weighted by atomic mass is 16.5. The van der Waals surface area contributed by atoms with Gasteiger partial charge in [-0.2, -0.15) is 5.26 Å². The van der Waals surface area contributed by atoms with E-state index in [4.69, 9.17) is 10.00 Å². The molecule has 0 saturated carbocycles. The monoisotopic (exact) mass is 246 g/mol. The van der Waals surface area contributed by atoms with Gasteiger partial charge < -0.3 is 10.1 Å². The molecule has 1 rings (SSSR count). The summed E-state index contributed by atoms with van der Waals surface area (Å²) >= 11 is 0. The SMILES string of the molecule is CCC(C#N)Oc1cccc(CNC(C)(C)C)c1. The predicted molar refractivity (Wildman–Crippen MR) is 73.4 cm³/mol. The number of ether oxygens (including phenoxy) is 1. The number of hydrogen-bond donors (Lipinski definition) is 1.